The highest BCUT2D eigenvalue weighted by atomic mass is 35.5. The van der Waals surface area contributed by atoms with E-state index in [9.17, 15) is 4.79 Å². The van der Waals surface area contributed by atoms with Gasteiger partial charge in [0.1, 0.15) is 11.2 Å². The van der Waals surface area contributed by atoms with Gasteiger partial charge in [-0.3, -0.25) is 14.8 Å². The molecule has 15 heavy (non-hydrogen) atoms. The van der Waals surface area contributed by atoms with Crippen molar-refractivity contribution in [3.63, 3.8) is 0 Å². The van der Waals surface area contributed by atoms with Crippen LogP contribution in [0, 0.1) is 0 Å². The van der Waals surface area contributed by atoms with Crippen LogP contribution in [0.3, 0.4) is 0 Å². The zero-order valence-corrected chi connectivity index (χ0v) is 9.17. The Morgan fingerprint density at radius 3 is 2.60 bits per heavy atom. The van der Waals surface area contributed by atoms with Crippen molar-refractivity contribution in [1.82, 2.24) is 10.3 Å². The first-order valence-corrected chi connectivity index (χ1v) is 4.90. The summed E-state index contributed by atoms with van der Waals surface area (Å²) in [5, 5.41) is 3.24. The normalized spacial score (nSPS) is 18.6. The Bertz CT molecular complexity index is 436. The molecule has 1 aromatic heterocycles. The van der Waals surface area contributed by atoms with Gasteiger partial charge in [-0.2, -0.15) is 0 Å². The molecular formula is C10H10ClN3O. The van der Waals surface area contributed by atoms with Crippen molar-refractivity contribution in [1.29, 1.82) is 0 Å². The average Bonchev–Trinajstić information content (AvgIpc) is 2.42. The van der Waals surface area contributed by atoms with Gasteiger partial charge in [-0.05, 0) is 26.0 Å². The summed E-state index contributed by atoms with van der Waals surface area (Å²) in [4.78, 5) is 19.8. The molecule has 1 aromatic rings. The van der Waals surface area contributed by atoms with E-state index in [1.54, 1.807) is 26.0 Å². The molecule has 4 nitrogen and oxygen atoms in total. The maximum Gasteiger partial charge on any atom is 0.252 e. The molecule has 1 N–H and O–H groups in total. The average molecular weight is 224 g/mol. The Kier molecular flexibility index (Phi) is 2.23. The van der Waals surface area contributed by atoms with Crippen molar-refractivity contribution in [2.75, 3.05) is 0 Å². The molecule has 1 aliphatic rings. The fourth-order valence-electron chi connectivity index (χ4n) is 1.26. The summed E-state index contributed by atoms with van der Waals surface area (Å²) >= 11 is 5.71. The molecule has 0 aromatic carbocycles. The van der Waals surface area contributed by atoms with E-state index >= 15 is 0 Å². The fraction of sp³-hybridized carbons (Fsp3) is 0.300. The molecule has 2 rings (SSSR count). The smallest absolute Gasteiger partial charge is 0.252 e. The van der Waals surface area contributed by atoms with E-state index in [4.69, 9.17) is 11.6 Å². The lowest BCUT2D eigenvalue weighted by Crippen LogP contribution is -2.34. The lowest BCUT2D eigenvalue weighted by Gasteiger charge is -2.07. The van der Waals surface area contributed by atoms with Crippen molar-refractivity contribution in [3.05, 3.63) is 29.0 Å². The van der Waals surface area contributed by atoms with Crippen molar-refractivity contribution in [3.8, 4) is 0 Å². The van der Waals surface area contributed by atoms with Crippen LogP contribution >= 0.6 is 11.6 Å². The molecule has 1 amide bonds. The molecule has 0 atom stereocenters. The van der Waals surface area contributed by atoms with Gasteiger partial charge in [0, 0.05) is 6.20 Å². The number of carbonyl (C=O) groups excluding carboxylic acids is 1. The number of hydrogen-bond acceptors (Lipinski definition) is 3. The molecule has 5 heteroatoms. The number of halogens is 1. The summed E-state index contributed by atoms with van der Waals surface area (Å²) < 4.78 is 0. The minimum absolute atomic E-state index is 0.116. The Hall–Kier alpha value is -1.42. The van der Waals surface area contributed by atoms with Gasteiger partial charge in [-0.25, -0.2) is 0 Å². The third kappa shape index (κ3) is 1.85. The number of nitrogens with one attached hydrogen (secondary N) is 1. The molecule has 0 aliphatic carbocycles. The van der Waals surface area contributed by atoms with E-state index in [2.05, 4.69) is 15.3 Å². The molecule has 0 spiro atoms. The van der Waals surface area contributed by atoms with Crippen LogP contribution in [0.5, 0.6) is 0 Å². The number of nitrogens with zero attached hydrogens (tertiary/aromatic N) is 2. The standard InChI is InChI=1S/C10H10ClN3O/c1-10(2)9(15)13-8(14-10)7-4-3-6(11)5-12-7/h3-5H,1-2H3,(H,13,14,15). The van der Waals surface area contributed by atoms with E-state index < -0.39 is 5.54 Å². The van der Waals surface area contributed by atoms with Crippen LogP contribution in [0.25, 0.3) is 0 Å². The third-order valence-corrected chi connectivity index (χ3v) is 2.37. The van der Waals surface area contributed by atoms with Crippen LogP contribution in [0.15, 0.2) is 23.3 Å². The van der Waals surface area contributed by atoms with Crippen LogP contribution in [-0.4, -0.2) is 22.3 Å². The number of hydrogen-bond donors (Lipinski definition) is 1. The molecule has 0 bridgehead atoms. The van der Waals surface area contributed by atoms with E-state index in [0.717, 1.165) is 0 Å². The highest BCUT2D eigenvalue weighted by Crippen LogP contribution is 2.17. The van der Waals surface area contributed by atoms with E-state index in [-0.39, 0.29) is 5.91 Å². The van der Waals surface area contributed by atoms with Crippen molar-refractivity contribution in [2.45, 2.75) is 19.4 Å². The van der Waals surface area contributed by atoms with E-state index in [0.29, 0.717) is 16.6 Å². The van der Waals surface area contributed by atoms with Crippen LogP contribution in [-0.2, 0) is 4.79 Å². The second-order valence-electron chi connectivity index (χ2n) is 3.84. The van der Waals surface area contributed by atoms with Gasteiger partial charge in [-0.15, -0.1) is 0 Å². The van der Waals surface area contributed by atoms with Gasteiger partial charge in [0.25, 0.3) is 5.91 Å². The SMILES string of the molecule is CC1(C)N=C(c2ccc(Cl)cn2)NC1=O. The molecule has 0 radical (unpaired) electrons. The van der Waals surface area contributed by atoms with Gasteiger partial charge < -0.3 is 5.32 Å². The minimum atomic E-state index is -0.712. The number of amidine groups is 1. The van der Waals surface area contributed by atoms with E-state index in [1.807, 2.05) is 0 Å². The summed E-state index contributed by atoms with van der Waals surface area (Å²) in [5.74, 6) is 0.385. The van der Waals surface area contributed by atoms with Gasteiger partial charge in [0.2, 0.25) is 0 Å². The number of carbonyl (C=O) groups is 1. The first-order chi connectivity index (χ1) is 6.99. The molecule has 0 fully saturated rings. The lowest BCUT2D eigenvalue weighted by atomic mass is 10.1. The largest absolute Gasteiger partial charge is 0.307 e. The quantitative estimate of drug-likeness (QED) is 0.782. The Morgan fingerprint density at radius 1 is 1.40 bits per heavy atom. The van der Waals surface area contributed by atoms with Crippen LogP contribution in [0.4, 0.5) is 0 Å². The molecule has 1 aliphatic heterocycles. The summed E-state index contributed by atoms with van der Waals surface area (Å²) in [5.41, 5.74) is -0.0882. The van der Waals surface area contributed by atoms with Crippen molar-refractivity contribution >= 4 is 23.3 Å². The molecular weight excluding hydrogens is 214 g/mol. The minimum Gasteiger partial charge on any atom is -0.307 e. The lowest BCUT2D eigenvalue weighted by molar-refractivity contribution is -0.122. The highest BCUT2D eigenvalue weighted by molar-refractivity contribution is 6.30. The highest BCUT2D eigenvalue weighted by Gasteiger charge is 2.34. The number of aromatic nitrogens is 1. The Balaban J connectivity index is 2.35. The van der Waals surface area contributed by atoms with Gasteiger partial charge in [0.15, 0.2) is 5.84 Å². The number of aliphatic imine (C=N–C) groups is 1. The molecule has 0 saturated carbocycles. The Labute approximate surface area is 92.4 Å². The summed E-state index contributed by atoms with van der Waals surface area (Å²) in [7, 11) is 0. The molecule has 0 unspecified atom stereocenters. The van der Waals surface area contributed by atoms with Crippen molar-refractivity contribution in [2.24, 2.45) is 4.99 Å². The summed E-state index contributed by atoms with van der Waals surface area (Å²) in [6.07, 6.45) is 1.52. The van der Waals surface area contributed by atoms with E-state index in [1.165, 1.54) is 6.20 Å². The molecule has 0 saturated heterocycles. The second kappa shape index (κ2) is 3.31. The Morgan fingerprint density at radius 2 is 2.13 bits per heavy atom. The van der Waals surface area contributed by atoms with Crippen LogP contribution < -0.4 is 5.32 Å². The van der Waals surface area contributed by atoms with Gasteiger partial charge in [-0.1, -0.05) is 11.6 Å². The zero-order chi connectivity index (χ0) is 11.1. The van der Waals surface area contributed by atoms with Gasteiger partial charge in [0.05, 0.1) is 5.02 Å². The zero-order valence-electron chi connectivity index (χ0n) is 8.41. The van der Waals surface area contributed by atoms with Crippen molar-refractivity contribution < 1.29 is 4.79 Å². The molecule has 2 heterocycles. The number of amides is 1. The molecule has 78 valence electrons. The van der Waals surface area contributed by atoms with Gasteiger partial charge >= 0.3 is 0 Å². The second-order valence-corrected chi connectivity index (χ2v) is 4.27. The maximum atomic E-state index is 11.5. The third-order valence-electron chi connectivity index (χ3n) is 2.15. The van der Waals surface area contributed by atoms with Crippen LogP contribution in [0.1, 0.15) is 19.5 Å². The van der Waals surface area contributed by atoms with Crippen LogP contribution in [0.2, 0.25) is 5.02 Å². The predicted molar refractivity (Wildman–Crippen MR) is 58.0 cm³/mol. The monoisotopic (exact) mass is 223 g/mol. The predicted octanol–water partition coefficient (Wildman–Crippen LogP) is 1.39. The number of pyridine rings is 1. The number of rotatable bonds is 1. The maximum absolute atomic E-state index is 11.5. The first kappa shape index (κ1) is 10.1. The topological polar surface area (TPSA) is 54.4 Å². The summed E-state index contributed by atoms with van der Waals surface area (Å²) in [6.45, 7) is 3.51. The fourth-order valence-corrected chi connectivity index (χ4v) is 1.37. The summed E-state index contributed by atoms with van der Waals surface area (Å²) in [6, 6.07) is 3.44. The first-order valence-electron chi connectivity index (χ1n) is 4.52.